The number of piperazine rings is 1. The van der Waals surface area contributed by atoms with Crippen LogP contribution in [0.3, 0.4) is 0 Å². The Labute approximate surface area is 233 Å². The summed E-state index contributed by atoms with van der Waals surface area (Å²) in [6.07, 6.45) is 14.1. The molecule has 0 spiro atoms. The maximum atomic E-state index is 11.2. The van der Waals surface area contributed by atoms with Crippen molar-refractivity contribution in [2.24, 2.45) is 17.8 Å². The first-order chi connectivity index (χ1) is 19.0. The second-order valence-corrected chi connectivity index (χ2v) is 13.7. The van der Waals surface area contributed by atoms with Crippen LogP contribution in [0.2, 0.25) is 0 Å². The highest BCUT2D eigenvalue weighted by Gasteiger charge is 2.47. The molecule has 3 aliphatic heterocycles. The van der Waals surface area contributed by atoms with Gasteiger partial charge in [-0.05, 0) is 74.8 Å². The van der Waals surface area contributed by atoms with Crippen molar-refractivity contribution in [3.63, 3.8) is 0 Å². The SMILES string of the molecule is C[C@H]1CC[C@@H]2C[C@H](n3c(CN4CCN(CC(=O)O)CC4)nc4ccccc43)C[C@H]1N2C1C[C@H]2CCC[C@@H](C1)C2. The summed E-state index contributed by atoms with van der Waals surface area (Å²) in [5.74, 6) is 3.21. The van der Waals surface area contributed by atoms with Crippen LogP contribution in [-0.2, 0) is 11.3 Å². The molecule has 1 aromatic carbocycles. The number of para-hydroxylation sites is 2. The molecule has 0 radical (unpaired) electrons. The fourth-order valence-electron chi connectivity index (χ4n) is 9.47. The monoisotopic (exact) mass is 533 g/mol. The topological polar surface area (TPSA) is 64.8 Å². The number of carbonyl (C=O) groups is 1. The molecule has 2 saturated carbocycles. The van der Waals surface area contributed by atoms with Crippen LogP contribution in [0.15, 0.2) is 24.3 Å². The van der Waals surface area contributed by atoms with Gasteiger partial charge in [-0.1, -0.05) is 38.3 Å². The largest absolute Gasteiger partial charge is 0.480 e. The van der Waals surface area contributed by atoms with Crippen LogP contribution in [0, 0.1) is 17.8 Å². The van der Waals surface area contributed by atoms with Crippen LogP contribution < -0.4 is 0 Å². The first-order valence-corrected chi connectivity index (χ1v) is 15.9. The Morgan fingerprint density at radius 2 is 1.62 bits per heavy atom. The van der Waals surface area contributed by atoms with Gasteiger partial charge in [-0.2, -0.15) is 0 Å². The Morgan fingerprint density at radius 3 is 2.38 bits per heavy atom. The standard InChI is InChI=1S/C32H47N5O2/c1-22-9-10-25-18-27(19-30(22)36(25)26-16-23-5-4-6-24(15-23)17-26)37-29-8-3-2-7-28(29)33-31(37)20-34-11-13-35(14-12-34)21-32(38)39/h2-3,7-8,22-27,30H,4-6,9-21H2,1H3,(H,38,39)/t22-,23-,24+,25+,26?,27-,30+/m0/s1. The summed E-state index contributed by atoms with van der Waals surface area (Å²) >= 11 is 0. The number of hydrogen-bond donors (Lipinski definition) is 1. The number of aromatic nitrogens is 2. The molecule has 7 rings (SSSR count). The Bertz CT molecular complexity index is 1160. The van der Waals surface area contributed by atoms with Crippen molar-refractivity contribution in [2.45, 2.75) is 102 Å². The zero-order valence-electron chi connectivity index (χ0n) is 23.8. The number of carboxylic acids is 1. The second-order valence-electron chi connectivity index (χ2n) is 13.7. The lowest BCUT2D eigenvalue weighted by molar-refractivity contribution is -0.138. The molecule has 2 aromatic rings. The number of imidazole rings is 1. The Balaban J connectivity index is 1.13. The van der Waals surface area contributed by atoms with Crippen molar-refractivity contribution in [1.29, 1.82) is 0 Å². The predicted molar refractivity (Wildman–Crippen MR) is 154 cm³/mol. The summed E-state index contributed by atoms with van der Waals surface area (Å²) in [7, 11) is 0. The van der Waals surface area contributed by atoms with Gasteiger partial charge in [-0.3, -0.25) is 19.5 Å². The van der Waals surface area contributed by atoms with Gasteiger partial charge in [0.05, 0.1) is 24.1 Å². The molecule has 7 nitrogen and oxygen atoms in total. The van der Waals surface area contributed by atoms with E-state index >= 15 is 0 Å². The third kappa shape index (κ3) is 5.15. The summed E-state index contributed by atoms with van der Waals surface area (Å²) < 4.78 is 2.64. The van der Waals surface area contributed by atoms with Gasteiger partial charge >= 0.3 is 5.97 Å². The minimum absolute atomic E-state index is 0.147. The smallest absolute Gasteiger partial charge is 0.317 e. The predicted octanol–water partition coefficient (Wildman–Crippen LogP) is 5.01. The average Bonchev–Trinajstić information content (AvgIpc) is 3.29. The summed E-state index contributed by atoms with van der Waals surface area (Å²) in [5.41, 5.74) is 2.42. The number of aliphatic carboxylic acids is 1. The van der Waals surface area contributed by atoms with Crippen LogP contribution in [0.4, 0.5) is 0 Å². The first-order valence-electron chi connectivity index (χ1n) is 15.9. The summed E-state index contributed by atoms with van der Waals surface area (Å²) in [6, 6.07) is 11.5. The summed E-state index contributed by atoms with van der Waals surface area (Å²) in [6.45, 7) is 6.97. The Hall–Kier alpha value is -1.96. The zero-order chi connectivity index (χ0) is 26.5. The molecule has 7 atom stereocenters. The van der Waals surface area contributed by atoms with Gasteiger partial charge in [0.1, 0.15) is 5.82 Å². The lowest BCUT2D eigenvalue weighted by Gasteiger charge is -2.57. The second kappa shape index (κ2) is 10.8. The van der Waals surface area contributed by atoms with Crippen molar-refractivity contribution in [3.8, 4) is 0 Å². The van der Waals surface area contributed by atoms with Crippen LogP contribution in [0.1, 0.15) is 83.0 Å². The molecule has 2 aliphatic carbocycles. The van der Waals surface area contributed by atoms with Gasteiger partial charge in [0.15, 0.2) is 0 Å². The molecule has 39 heavy (non-hydrogen) atoms. The molecule has 1 unspecified atom stereocenters. The third-order valence-electron chi connectivity index (χ3n) is 11.2. The van der Waals surface area contributed by atoms with Gasteiger partial charge in [0, 0.05) is 50.3 Å². The van der Waals surface area contributed by atoms with E-state index in [1.165, 1.54) is 75.5 Å². The number of piperidine rings is 2. The van der Waals surface area contributed by atoms with Crippen molar-refractivity contribution < 1.29 is 9.90 Å². The maximum Gasteiger partial charge on any atom is 0.317 e. The first kappa shape index (κ1) is 26.0. The molecule has 212 valence electrons. The van der Waals surface area contributed by atoms with E-state index in [0.29, 0.717) is 18.1 Å². The van der Waals surface area contributed by atoms with Gasteiger partial charge in [-0.15, -0.1) is 0 Å². The number of carboxylic acid groups (broad SMARTS) is 1. The van der Waals surface area contributed by atoms with E-state index in [9.17, 15) is 9.90 Å². The van der Waals surface area contributed by atoms with Crippen molar-refractivity contribution in [1.82, 2.24) is 24.3 Å². The maximum absolute atomic E-state index is 11.2. The number of rotatable bonds is 6. The molecular formula is C32H47N5O2. The van der Waals surface area contributed by atoms with Gasteiger partial charge in [0.25, 0.3) is 0 Å². The minimum atomic E-state index is -0.729. The highest BCUT2D eigenvalue weighted by atomic mass is 16.4. The molecule has 4 heterocycles. The Kier molecular flexibility index (Phi) is 7.19. The molecule has 3 saturated heterocycles. The fourth-order valence-corrected chi connectivity index (χ4v) is 9.47. The van der Waals surface area contributed by atoms with Crippen LogP contribution in [0.5, 0.6) is 0 Å². The average molecular weight is 534 g/mol. The number of nitrogens with zero attached hydrogens (tertiary/aromatic N) is 5. The van der Waals surface area contributed by atoms with Crippen molar-refractivity contribution >= 4 is 17.0 Å². The molecule has 5 aliphatic rings. The highest BCUT2D eigenvalue weighted by molar-refractivity contribution is 5.76. The normalized spacial score (nSPS) is 36.3. The minimum Gasteiger partial charge on any atom is -0.480 e. The van der Waals surface area contributed by atoms with Crippen LogP contribution >= 0.6 is 0 Å². The van der Waals surface area contributed by atoms with Crippen molar-refractivity contribution in [2.75, 3.05) is 32.7 Å². The third-order valence-corrected chi connectivity index (χ3v) is 11.2. The van der Waals surface area contributed by atoms with E-state index in [0.717, 1.165) is 62.0 Å². The fraction of sp³-hybridized carbons (Fsp3) is 0.750. The summed E-state index contributed by atoms with van der Waals surface area (Å²) in [5, 5.41) is 9.19. The number of hydrogen-bond acceptors (Lipinski definition) is 5. The molecule has 1 N–H and O–H groups in total. The van der Waals surface area contributed by atoms with Gasteiger partial charge in [-0.25, -0.2) is 4.98 Å². The van der Waals surface area contributed by atoms with E-state index < -0.39 is 5.97 Å². The number of fused-ring (bicyclic) bond motifs is 5. The van der Waals surface area contributed by atoms with Crippen LogP contribution in [-0.4, -0.2) is 86.2 Å². The van der Waals surface area contributed by atoms with Crippen molar-refractivity contribution in [3.05, 3.63) is 30.1 Å². The van der Waals surface area contributed by atoms with Crippen LogP contribution in [0.25, 0.3) is 11.0 Å². The quantitative estimate of drug-likeness (QED) is 0.563. The van der Waals surface area contributed by atoms with E-state index in [4.69, 9.17) is 4.98 Å². The summed E-state index contributed by atoms with van der Waals surface area (Å²) in [4.78, 5) is 24.0. The van der Waals surface area contributed by atoms with Gasteiger partial charge < -0.3 is 9.67 Å². The molecule has 7 heteroatoms. The number of benzene rings is 1. The van der Waals surface area contributed by atoms with Gasteiger partial charge in [0.2, 0.25) is 0 Å². The zero-order valence-corrected chi connectivity index (χ0v) is 23.8. The lowest BCUT2D eigenvalue weighted by atomic mass is 9.67. The molecule has 1 aromatic heterocycles. The molecule has 5 fully saturated rings. The molecular weight excluding hydrogens is 486 g/mol. The van der Waals surface area contributed by atoms with E-state index in [1.807, 2.05) is 0 Å². The molecule has 0 amide bonds. The Morgan fingerprint density at radius 1 is 0.872 bits per heavy atom. The highest BCUT2D eigenvalue weighted by Crippen LogP contribution is 2.49. The van der Waals surface area contributed by atoms with E-state index in [1.54, 1.807) is 0 Å². The van der Waals surface area contributed by atoms with E-state index in [2.05, 4.69) is 50.5 Å². The molecule has 4 bridgehead atoms. The lowest BCUT2D eigenvalue weighted by Crippen LogP contribution is -2.60. The van der Waals surface area contributed by atoms with E-state index in [-0.39, 0.29) is 6.54 Å².